The highest BCUT2D eigenvalue weighted by Gasteiger charge is 2.44. The number of carbonyl (C=O) groups excluding carboxylic acids is 1. The molecule has 0 radical (unpaired) electrons. The molecule has 0 amide bonds. The van der Waals surface area contributed by atoms with Gasteiger partial charge in [-0.15, -0.1) is 0 Å². The lowest BCUT2D eigenvalue weighted by molar-refractivity contribution is -0.148. The van der Waals surface area contributed by atoms with Gasteiger partial charge >= 0.3 is 11.6 Å². The Labute approximate surface area is 171 Å². The average Bonchev–Trinajstić information content (AvgIpc) is 3.12. The van der Waals surface area contributed by atoms with Crippen molar-refractivity contribution in [1.29, 1.82) is 0 Å². The van der Waals surface area contributed by atoms with E-state index in [1.54, 1.807) is 55.5 Å². The third-order valence-electron chi connectivity index (χ3n) is 4.94. The summed E-state index contributed by atoms with van der Waals surface area (Å²) in [6.07, 6.45) is -1.03. The van der Waals surface area contributed by atoms with Crippen LogP contribution in [0.25, 0.3) is 0 Å². The first-order valence-corrected chi connectivity index (χ1v) is 9.33. The van der Waals surface area contributed by atoms with Crippen molar-refractivity contribution in [3.63, 3.8) is 0 Å². The van der Waals surface area contributed by atoms with E-state index in [-0.39, 0.29) is 18.0 Å². The zero-order chi connectivity index (χ0) is 21.3. The molecule has 4 rings (SSSR count). The molecule has 0 unspecified atom stereocenters. The maximum atomic E-state index is 13.8. The zero-order valence-corrected chi connectivity index (χ0v) is 16.4. The summed E-state index contributed by atoms with van der Waals surface area (Å²) in [6, 6.07) is 14.8. The number of fused-ring (bicyclic) bond motifs is 1. The minimum Gasteiger partial charge on any atom is -0.489 e. The van der Waals surface area contributed by atoms with Crippen molar-refractivity contribution in [3.05, 3.63) is 93.3 Å². The predicted octanol–water partition coefficient (Wildman–Crippen LogP) is 3.73. The SMILES string of the molecule is COC(=O)[C@H]1Oc2cc(C)oc(=O)c2[C@@H]1c1cccc(OCc2ccccc2F)c1. The summed E-state index contributed by atoms with van der Waals surface area (Å²) >= 11 is 0. The molecule has 2 heterocycles. The molecule has 2 aromatic carbocycles. The van der Waals surface area contributed by atoms with Gasteiger partial charge in [-0.3, -0.25) is 0 Å². The molecule has 1 aliphatic rings. The van der Waals surface area contributed by atoms with Crippen molar-refractivity contribution in [2.24, 2.45) is 0 Å². The van der Waals surface area contributed by atoms with Crippen LogP contribution in [0.1, 0.15) is 28.4 Å². The second-order valence-corrected chi connectivity index (χ2v) is 6.91. The molecule has 0 bridgehead atoms. The van der Waals surface area contributed by atoms with Crippen LogP contribution in [-0.4, -0.2) is 19.2 Å². The number of aryl methyl sites for hydroxylation is 1. The monoisotopic (exact) mass is 410 g/mol. The lowest BCUT2D eigenvalue weighted by Crippen LogP contribution is -2.31. The van der Waals surface area contributed by atoms with E-state index in [4.69, 9.17) is 18.6 Å². The minimum atomic E-state index is -1.03. The van der Waals surface area contributed by atoms with Gasteiger partial charge in [-0.25, -0.2) is 14.0 Å². The van der Waals surface area contributed by atoms with Crippen molar-refractivity contribution >= 4 is 5.97 Å². The molecule has 1 aromatic heterocycles. The van der Waals surface area contributed by atoms with Gasteiger partial charge < -0.3 is 18.6 Å². The maximum Gasteiger partial charge on any atom is 0.348 e. The van der Waals surface area contributed by atoms with Gasteiger partial charge in [0, 0.05) is 11.6 Å². The van der Waals surface area contributed by atoms with Gasteiger partial charge in [0.05, 0.1) is 18.6 Å². The van der Waals surface area contributed by atoms with E-state index in [9.17, 15) is 14.0 Å². The van der Waals surface area contributed by atoms with Crippen LogP contribution in [0, 0.1) is 12.7 Å². The highest BCUT2D eigenvalue weighted by atomic mass is 19.1. The summed E-state index contributed by atoms with van der Waals surface area (Å²) in [5.41, 5.74) is 0.716. The first-order chi connectivity index (χ1) is 14.5. The molecule has 0 saturated heterocycles. The molecule has 7 heteroatoms. The number of methoxy groups -OCH3 is 1. The van der Waals surface area contributed by atoms with Gasteiger partial charge in [0.1, 0.15) is 29.7 Å². The van der Waals surface area contributed by atoms with Crippen molar-refractivity contribution in [1.82, 2.24) is 0 Å². The van der Waals surface area contributed by atoms with Crippen LogP contribution in [0.5, 0.6) is 11.5 Å². The molecule has 0 fully saturated rings. The Morgan fingerprint density at radius 3 is 2.70 bits per heavy atom. The molecule has 154 valence electrons. The van der Waals surface area contributed by atoms with E-state index < -0.39 is 23.6 Å². The lowest BCUT2D eigenvalue weighted by atomic mass is 9.89. The molecule has 0 saturated carbocycles. The normalized spacial score (nSPS) is 17.2. The maximum absolute atomic E-state index is 13.8. The highest BCUT2D eigenvalue weighted by molar-refractivity contribution is 5.79. The Bertz CT molecular complexity index is 1150. The van der Waals surface area contributed by atoms with Crippen molar-refractivity contribution in [2.75, 3.05) is 7.11 Å². The van der Waals surface area contributed by atoms with E-state index in [1.807, 2.05) is 0 Å². The third-order valence-corrected chi connectivity index (χ3v) is 4.94. The van der Waals surface area contributed by atoms with Crippen LogP contribution < -0.4 is 15.1 Å². The second kappa shape index (κ2) is 8.02. The molecular weight excluding hydrogens is 391 g/mol. The minimum absolute atomic E-state index is 0.0373. The number of halogens is 1. The Kier molecular flexibility index (Phi) is 5.27. The van der Waals surface area contributed by atoms with E-state index in [0.717, 1.165) is 0 Å². The molecule has 0 spiro atoms. The molecule has 0 aliphatic carbocycles. The van der Waals surface area contributed by atoms with Crippen LogP contribution in [0.4, 0.5) is 4.39 Å². The number of hydrogen-bond acceptors (Lipinski definition) is 6. The van der Waals surface area contributed by atoms with Crippen LogP contribution in [0.2, 0.25) is 0 Å². The molecular formula is C23H19FO6. The van der Waals surface area contributed by atoms with E-state index in [0.29, 0.717) is 28.4 Å². The number of rotatable bonds is 5. The summed E-state index contributed by atoms with van der Waals surface area (Å²) in [7, 11) is 1.26. The van der Waals surface area contributed by atoms with E-state index >= 15 is 0 Å². The van der Waals surface area contributed by atoms with Gasteiger partial charge in [-0.2, -0.15) is 0 Å². The molecule has 6 nitrogen and oxygen atoms in total. The van der Waals surface area contributed by atoms with Crippen LogP contribution in [0.3, 0.4) is 0 Å². The van der Waals surface area contributed by atoms with Crippen molar-refractivity contribution < 1.29 is 27.8 Å². The van der Waals surface area contributed by atoms with Gasteiger partial charge in [0.25, 0.3) is 0 Å². The topological polar surface area (TPSA) is 75.0 Å². The fourth-order valence-corrected chi connectivity index (χ4v) is 3.54. The van der Waals surface area contributed by atoms with Crippen LogP contribution in [0.15, 0.2) is 63.8 Å². The first kappa shape index (κ1) is 19.7. The molecule has 30 heavy (non-hydrogen) atoms. The number of carbonyl (C=O) groups is 1. The fraction of sp³-hybridized carbons (Fsp3) is 0.217. The zero-order valence-electron chi connectivity index (χ0n) is 16.4. The quantitative estimate of drug-likeness (QED) is 0.597. The van der Waals surface area contributed by atoms with Gasteiger partial charge in [0.2, 0.25) is 6.10 Å². The summed E-state index contributed by atoms with van der Waals surface area (Å²) in [5.74, 6) is -0.547. The molecule has 2 atom stereocenters. The Morgan fingerprint density at radius 2 is 1.93 bits per heavy atom. The third kappa shape index (κ3) is 3.66. The van der Waals surface area contributed by atoms with Gasteiger partial charge in [-0.05, 0) is 30.7 Å². The lowest BCUT2D eigenvalue weighted by Gasteiger charge is -2.17. The summed E-state index contributed by atoms with van der Waals surface area (Å²) in [4.78, 5) is 24.9. The standard InChI is InChI=1S/C23H19FO6/c1-13-10-18-20(22(25)29-13)19(21(30-18)23(26)27-2)14-7-5-8-16(11-14)28-12-15-6-3-4-9-17(15)24/h3-11,19,21H,12H2,1-2H3/t19-,21-/m0/s1. The number of benzene rings is 2. The summed E-state index contributed by atoms with van der Waals surface area (Å²) < 4.78 is 35.4. The smallest absolute Gasteiger partial charge is 0.348 e. The van der Waals surface area contributed by atoms with Crippen LogP contribution in [-0.2, 0) is 16.1 Å². The van der Waals surface area contributed by atoms with E-state index in [2.05, 4.69) is 0 Å². The van der Waals surface area contributed by atoms with Crippen LogP contribution >= 0.6 is 0 Å². The largest absolute Gasteiger partial charge is 0.489 e. The predicted molar refractivity (Wildman–Crippen MR) is 105 cm³/mol. The second-order valence-electron chi connectivity index (χ2n) is 6.91. The first-order valence-electron chi connectivity index (χ1n) is 9.33. The van der Waals surface area contributed by atoms with Crippen molar-refractivity contribution in [3.8, 4) is 11.5 Å². The molecule has 1 aliphatic heterocycles. The molecule has 0 N–H and O–H groups in total. The Hall–Kier alpha value is -3.61. The van der Waals surface area contributed by atoms with Gasteiger partial charge in [0.15, 0.2) is 0 Å². The summed E-state index contributed by atoms with van der Waals surface area (Å²) in [5, 5.41) is 0. The number of ether oxygens (including phenoxy) is 3. The molecule has 3 aromatic rings. The Morgan fingerprint density at radius 1 is 1.13 bits per heavy atom. The number of esters is 1. The van der Waals surface area contributed by atoms with E-state index in [1.165, 1.54) is 13.2 Å². The Balaban J connectivity index is 1.68. The summed E-state index contributed by atoms with van der Waals surface area (Å²) in [6.45, 7) is 1.67. The number of hydrogen-bond donors (Lipinski definition) is 0. The highest BCUT2D eigenvalue weighted by Crippen LogP contribution is 2.42. The van der Waals surface area contributed by atoms with Crippen molar-refractivity contribution in [2.45, 2.75) is 25.6 Å². The van der Waals surface area contributed by atoms with Gasteiger partial charge in [-0.1, -0.05) is 30.3 Å². The fourth-order valence-electron chi connectivity index (χ4n) is 3.54. The average molecular weight is 410 g/mol.